The Kier molecular flexibility index (Phi) is 3.96. The second-order valence-electron chi connectivity index (χ2n) is 7.64. The van der Waals surface area contributed by atoms with Crippen molar-refractivity contribution in [2.45, 2.75) is 25.0 Å². The van der Waals surface area contributed by atoms with E-state index in [1.165, 1.54) is 18.2 Å². The van der Waals surface area contributed by atoms with Crippen molar-refractivity contribution in [1.82, 2.24) is 5.32 Å². The number of aromatic hydroxyl groups is 1. The highest BCUT2D eigenvalue weighted by Crippen LogP contribution is 2.56. The number of hydrogen-bond acceptors (Lipinski definition) is 6. The summed E-state index contributed by atoms with van der Waals surface area (Å²) in [6, 6.07) is 9.58. The molecule has 30 heavy (non-hydrogen) atoms. The molecular weight excluding hydrogens is 386 g/mol. The molecule has 3 atom stereocenters. The van der Waals surface area contributed by atoms with Crippen LogP contribution in [-0.4, -0.2) is 35.4 Å². The number of carbonyl (C=O) groups excluding carboxylic acids is 3. The van der Waals surface area contributed by atoms with Crippen LogP contribution in [-0.2, 0) is 15.1 Å². The number of hydrogen-bond donors (Lipinski definition) is 2. The first-order chi connectivity index (χ1) is 14.4. The summed E-state index contributed by atoms with van der Waals surface area (Å²) < 4.78 is 12.1. The summed E-state index contributed by atoms with van der Waals surface area (Å²) >= 11 is 0. The van der Waals surface area contributed by atoms with E-state index in [4.69, 9.17) is 9.47 Å². The van der Waals surface area contributed by atoms with Crippen LogP contribution in [0.25, 0.3) is 0 Å². The normalized spacial score (nSPS) is 25.8. The van der Waals surface area contributed by atoms with Crippen molar-refractivity contribution >= 4 is 17.7 Å². The third kappa shape index (κ3) is 2.48. The van der Waals surface area contributed by atoms with Gasteiger partial charge < -0.3 is 19.9 Å². The number of esters is 1. The van der Waals surface area contributed by atoms with E-state index in [1.54, 1.807) is 30.3 Å². The highest BCUT2D eigenvalue weighted by molar-refractivity contribution is 6.01. The van der Waals surface area contributed by atoms with Crippen molar-refractivity contribution in [2.24, 2.45) is 5.92 Å². The molecule has 7 heteroatoms. The number of carbonyl (C=O) groups is 3. The summed E-state index contributed by atoms with van der Waals surface area (Å²) in [5.41, 5.74) is 0.690. The molecule has 2 aromatic rings. The quantitative estimate of drug-likeness (QED) is 0.745. The maximum atomic E-state index is 13.0. The van der Waals surface area contributed by atoms with E-state index in [2.05, 4.69) is 5.32 Å². The molecule has 5 rings (SSSR count). The largest absolute Gasteiger partial charge is 0.508 e. The Morgan fingerprint density at radius 1 is 1.20 bits per heavy atom. The van der Waals surface area contributed by atoms with Gasteiger partial charge in [-0.05, 0) is 37.3 Å². The molecule has 1 amide bonds. The minimum Gasteiger partial charge on any atom is -0.508 e. The fourth-order valence-corrected chi connectivity index (χ4v) is 4.64. The van der Waals surface area contributed by atoms with Crippen LogP contribution in [0.3, 0.4) is 0 Å². The molecule has 0 fully saturated rings. The number of ether oxygens (including phenoxy) is 2. The highest BCUT2D eigenvalue weighted by Gasteiger charge is 2.59. The van der Waals surface area contributed by atoms with Gasteiger partial charge in [-0.3, -0.25) is 9.59 Å². The van der Waals surface area contributed by atoms with Crippen LogP contribution in [0.15, 0.2) is 48.6 Å². The molecule has 152 valence electrons. The Morgan fingerprint density at radius 2 is 2.00 bits per heavy atom. The van der Waals surface area contributed by atoms with Crippen molar-refractivity contribution in [3.8, 4) is 11.5 Å². The van der Waals surface area contributed by atoms with E-state index >= 15 is 0 Å². The van der Waals surface area contributed by atoms with Gasteiger partial charge in [0.1, 0.15) is 17.6 Å². The fraction of sp³-hybridized carbons (Fsp3) is 0.261. The molecule has 0 aromatic heterocycles. The van der Waals surface area contributed by atoms with E-state index in [1.807, 2.05) is 6.92 Å². The van der Waals surface area contributed by atoms with E-state index in [0.29, 0.717) is 34.5 Å². The number of rotatable bonds is 2. The summed E-state index contributed by atoms with van der Waals surface area (Å²) in [6.45, 7) is 2.29. The summed E-state index contributed by atoms with van der Waals surface area (Å²) in [5, 5.41) is 12.7. The number of phenols is 1. The zero-order valence-corrected chi connectivity index (χ0v) is 16.2. The molecule has 2 aromatic carbocycles. The SMILES string of the molecule is CCNC(=O)c1ccc2c(c1)C(=O)OC21c2ccc(O)cc2OC2CC(=O)C=CC21. The molecule has 1 spiro atoms. The molecule has 0 saturated heterocycles. The van der Waals surface area contributed by atoms with Crippen LogP contribution >= 0.6 is 0 Å². The lowest BCUT2D eigenvalue weighted by Crippen LogP contribution is -2.50. The molecule has 3 unspecified atom stereocenters. The van der Waals surface area contributed by atoms with Crippen molar-refractivity contribution in [3.63, 3.8) is 0 Å². The number of ketones is 1. The summed E-state index contributed by atoms with van der Waals surface area (Å²) in [5.74, 6) is -0.934. The zero-order chi connectivity index (χ0) is 21.0. The van der Waals surface area contributed by atoms with Gasteiger partial charge >= 0.3 is 5.97 Å². The predicted octanol–water partition coefficient (Wildman–Crippen LogP) is 2.46. The number of nitrogens with one attached hydrogen (secondary N) is 1. The Hall–Kier alpha value is -3.61. The van der Waals surface area contributed by atoms with Gasteiger partial charge in [0.2, 0.25) is 0 Å². The standard InChI is InChI=1S/C23H19NO6/c1-2-24-21(27)12-3-6-16-15(9-12)22(28)30-23(16)17-7-4-13(25)10-19(17)29-20-11-14(26)5-8-18(20)23/h3-10,18,20,25H,2,11H2,1H3,(H,24,27). The molecular formula is C23H19NO6. The second kappa shape index (κ2) is 6.45. The lowest BCUT2D eigenvalue weighted by molar-refractivity contribution is -0.120. The molecule has 0 saturated carbocycles. The Bertz CT molecular complexity index is 1140. The van der Waals surface area contributed by atoms with Gasteiger partial charge in [0.25, 0.3) is 5.91 Å². The lowest BCUT2D eigenvalue weighted by Gasteiger charge is -2.45. The van der Waals surface area contributed by atoms with Gasteiger partial charge in [-0.2, -0.15) is 0 Å². The van der Waals surface area contributed by atoms with Crippen molar-refractivity contribution in [3.05, 3.63) is 70.8 Å². The molecule has 2 aliphatic heterocycles. The van der Waals surface area contributed by atoms with Crippen LogP contribution in [0.2, 0.25) is 0 Å². The average Bonchev–Trinajstić information content (AvgIpc) is 3.00. The summed E-state index contributed by atoms with van der Waals surface area (Å²) in [4.78, 5) is 37.2. The van der Waals surface area contributed by atoms with Crippen LogP contribution in [0.5, 0.6) is 11.5 Å². The molecule has 0 radical (unpaired) electrons. The van der Waals surface area contributed by atoms with Gasteiger partial charge in [0.05, 0.1) is 11.5 Å². The molecule has 7 nitrogen and oxygen atoms in total. The van der Waals surface area contributed by atoms with Gasteiger partial charge in [-0.15, -0.1) is 0 Å². The smallest absolute Gasteiger partial charge is 0.339 e. The molecule has 2 heterocycles. The topological polar surface area (TPSA) is 102 Å². The third-order valence-electron chi connectivity index (χ3n) is 5.90. The monoisotopic (exact) mass is 405 g/mol. The summed E-state index contributed by atoms with van der Waals surface area (Å²) in [6.07, 6.45) is 2.82. The van der Waals surface area contributed by atoms with Crippen LogP contribution in [0, 0.1) is 5.92 Å². The number of benzene rings is 2. The van der Waals surface area contributed by atoms with Gasteiger partial charge in [-0.25, -0.2) is 4.79 Å². The Morgan fingerprint density at radius 3 is 2.80 bits per heavy atom. The van der Waals surface area contributed by atoms with E-state index in [-0.39, 0.29) is 23.9 Å². The molecule has 1 aliphatic carbocycles. The minimum absolute atomic E-state index is 0.0103. The van der Waals surface area contributed by atoms with Crippen LogP contribution in [0.1, 0.15) is 45.2 Å². The van der Waals surface area contributed by atoms with Gasteiger partial charge in [0.15, 0.2) is 11.4 Å². The third-order valence-corrected chi connectivity index (χ3v) is 5.90. The van der Waals surface area contributed by atoms with Gasteiger partial charge in [0, 0.05) is 35.7 Å². The number of allylic oxidation sites excluding steroid dienone is 1. The second-order valence-corrected chi connectivity index (χ2v) is 7.64. The predicted molar refractivity (Wildman–Crippen MR) is 105 cm³/mol. The maximum Gasteiger partial charge on any atom is 0.339 e. The first-order valence-corrected chi connectivity index (χ1v) is 9.81. The van der Waals surface area contributed by atoms with Crippen LogP contribution < -0.4 is 10.1 Å². The first-order valence-electron chi connectivity index (χ1n) is 9.81. The number of fused-ring (bicyclic) bond motifs is 6. The van der Waals surface area contributed by atoms with Crippen molar-refractivity contribution in [1.29, 1.82) is 0 Å². The number of phenolic OH excluding ortho intramolecular Hbond substituents is 1. The van der Waals surface area contributed by atoms with Gasteiger partial charge in [-0.1, -0.05) is 12.1 Å². The summed E-state index contributed by atoms with van der Waals surface area (Å²) in [7, 11) is 0. The Labute approximate surface area is 172 Å². The lowest BCUT2D eigenvalue weighted by atomic mass is 9.69. The van der Waals surface area contributed by atoms with Crippen molar-refractivity contribution < 1.29 is 29.0 Å². The molecule has 0 bridgehead atoms. The minimum atomic E-state index is -1.20. The Balaban J connectivity index is 1.73. The zero-order valence-electron chi connectivity index (χ0n) is 16.2. The average molecular weight is 405 g/mol. The molecule has 3 aliphatic rings. The fourth-order valence-electron chi connectivity index (χ4n) is 4.64. The highest BCUT2D eigenvalue weighted by atomic mass is 16.6. The van der Waals surface area contributed by atoms with Crippen molar-refractivity contribution in [2.75, 3.05) is 6.54 Å². The van der Waals surface area contributed by atoms with E-state index in [9.17, 15) is 19.5 Å². The first kappa shape index (κ1) is 18.4. The number of amides is 1. The van der Waals surface area contributed by atoms with Crippen LogP contribution in [0.4, 0.5) is 0 Å². The van der Waals surface area contributed by atoms with E-state index in [0.717, 1.165) is 0 Å². The molecule has 2 N–H and O–H groups in total. The maximum absolute atomic E-state index is 13.0. The van der Waals surface area contributed by atoms with E-state index < -0.39 is 23.6 Å².